The van der Waals surface area contributed by atoms with Gasteiger partial charge in [0.05, 0.1) is 17.7 Å². The largest absolute Gasteiger partial charge is 0.353 e. The van der Waals surface area contributed by atoms with Crippen molar-refractivity contribution in [1.82, 2.24) is 15.1 Å². The van der Waals surface area contributed by atoms with Crippen LogP contribution in [0.2, 0.25) is 0 Å². The lowest BCUT2D eigenvalue weighted by atomic mass is 9.97. The van der Waals surface area contributed by atoms with Gasteiger partial charge in [-0.25, -0.2) is 0 Å². The number of thioether (sulfide) groups is 1. The summed E-state index contributed by atoms with van der Waals surface area (Å²) in [7, 11) is 0. The molecular weight excluding hydrogens is 342 g/mol. The topological polar surface area (TPSA) is 52.7 Å². The smallest absolute Gasteiger partial charge is 0.239 e. The lowest BCUT2D eigenvalue weighted by Gasteiger charge is -2.36. The van der Waals surface area contributed by atoms with Crippen LogP contribution in [-0.2, 0) is 9.59 Å². The lowest BCUT2D eigenvalue weighted by Crippen LogP contribution is -2.44. The molecule has 2 aliphatic rings. The molecule has 2 amide bonds. The molecule has 1 atom stereocenters. The average Bonchev–Trinajstić information content (AvgIpc) is 3.22. The minimum Gasteiger partial charge on any atom is -0.353 e. The van der Waals surface area contributed by atoms with Crippen LogP contribution >= 0.6 is 23.1 Å². The molecule has 2 aliphatic heterocycles. The number of likely N-dealkylation sites (tertiary alicyclic amines) is 1. The number of hydrogen-bond acceptors (Lipinski definition) is 5. The molecule has 0 aliphatic carbocycles. The zero-order valence-corrected chi connectivity index (χ0v) is 15.7. The highest BCUT2D eigenvalue weighted by atomic mass is 32.2. The molecule has 2 fully saturated rings. The van der Waals surface area contributed by atoms with Crippen LogP contribution in [0.3, 0.4) is 0 Å². The van der Waals surface area contributed by atoms with E-state index in [-0.39, 0.29) is 24.4 Å². The molecule has 1 unspecified atom stereocenters. The predicted octanol–water partition coefficient (Wildman–Crippen LogP) is 2.17. The Morgan fingerprint density at radius 1 is 1.42 bits per heavy atom. The molecule has 1 aromatic rings. The normalized spacial score (nSPS) is 21.2. The first-order valence-corrected chi connectivity index (χ1v) is 10.6. The highest BCUT2D eigenvalue weighted by molar-refractivity contribution is 8.00. The van der Waals surface area contributed by atoms with Crippen LogP contribution in [0.15, 0.2) is 17.5 Å². The van der Waals surface area contributed by atoms with E-state index in [9.17, 15) is 9.59 Å². The van der Waals surface area contributed by atoms with Crippen molar-refractivity contribution in [1.29, 1.82) is 0 Å². The SMILES string of the molecule is CC1CCN(C(CNC(=O)CN2CSCC2=O)c2cccs2)CC1. The third kappa shape index (κ3) is 4.52. The first kappa shape index (κ1) is 17.8. The number of nitrogens with one attached hydrogen (secondary N) is 1. The van der Waals surface area contributed by atoms with Gasteiger partial charge in [-0.15, -0.1) is 23.1 Å². The van der Waals surface area contributed by atoms with Crippen molar-refractivity contribution in [2.75, 3.05) is 37.8 Å². The van der Waals surface area contributed by atoms with Crippen LogP contribution in [0.5, 0.6) is 0 Å². The first-order valence-electron chi connectivity index (χ1n) is 8.53. The maximum Gasteiger partial charge on any atom is 0.239 e. The molecule has 0 bridgehead atoms. The summed E-state index contributed by atoms with van der Waals surface area (Å²) in [5.41, 5.74) is 0. The van der Waals surface area contributed by atoms with E-state index >= 15 is 0 Å². The Hall–Kier alpha value is -1.05. The van der Waals surface area contributed by atoms with Crippen molar-refractivity contribution >= 4 is 34.9 Å². The second kappa shape index (κ2) is 8.36. The molecule has 3 heterocycles. The van der Waals surface area contributed by atoms with E-state index in [1.807, 2.05) is 0 Å². The van der Waals surface area contributed by atoms with E-state index < -0.39 is 0 Å². The summed E-state index contributed by atoms with van der Waals surface area (Å²) in [5.74, 6) is 1.92. The van der Waals surface area contributed by atoms with Crippen molar-refractivity contribution in [3.05, 3.63) is 22.4 Å². The second-order valence-corrected chi connectivity index (χ2v) is 8.56. The average molecular weight is 368 g/mol. The molecule has 132 valence electrons. The monoisotopic (exact) mass is 367 g/mol. The highest BCUT2D eigenvalue weighted by Gasteiger charge is 2.27. The molecule has 0 aromatic carbocycles. The fraction of sp³-hybridized carbons (Fsp3) is 0.647. The van der Waals surface area contributed by atoms with Gasteiger partial charge < -0.3 is 10.2 Å². The standard InChI is InChI=1S/C17H25N3O2S2/c1-13-4-6-19(7-5-13)14(15-3-2-8-24-15)9-18-16(21)10-20-12-23-11-17(20)22/h2-3,8,13-14H,4-7,9-12H2,1H3,(H,18,21). The maximum absolute atomic E-state index is 12.2. The summed E-state index contributed by atoms with van der Waals surface area (Å²) in [5, 5.41) is 5.14. The molecular formula is C17H25N3O2S2. The number of rotatable bonds is 6. The van der Waals surface area contributed by atoms with E-state index in [1.54, 1.807) is 28.0 Å². The number of carbonyl (C=O) groups is 2. The molecule has 0 spiro atoms. The summed E-state index contributed by atoms with van der Waals surface area (Å²) in [6.45, 7) is 5.27. The zero-order chi connectivity index (χ0) is 16.9. The van der Waals surface area contributed by atoms with E-state index in [1.165, 1.54) is 17.7 Å². The second-order valence-electron chi connectivity index (χ2n) is 6.62. The Morgan fingerprint density at radius 2 is 2.21 bits per heavy atom. The van der Waals surface area contributed by atoms with Gasteiger partial charge in [-0.1, -0.05) is 13.0 Å². The van der Waals surface area contributed by atoms with Gasteiger partial charge in [0, 0.05) is 11.4 Å². The van der Waals surface area contributed by atoms with Crippen LogP contribution in [0.4, 0.5) is 0 Å². The fourth-order valence-electron chi connectivity index (χ4n) is 3.21. The number of nitrogens with zero attached hydrogens (tertiary/aromatic N) is 2. The fourth-order valence-corrected chi connectivity index (χ4v) is 4.98. The lowest BCUT2D eigenvalue weighted by molar-refractivity contribution is -0.132. The van der Waals surface area contributed by atoms with Gasteiger partial charge in [-0.05, 0) is 43.3 Å². The molecule has 7 heteroatoms. The molecule has 24 heavy (non-hydrogen) atoms. The van der Waals surface area contributed by atoms with E-state index in [2.05, 4.69) is 34.7 Å². The van der Waals surface area contributed by atoms with Gasteiger partial charge in [0.15, 0.2) is 0 Å². The van der Waals surface area contributed by atoms with E-state index in [0.29, 0.717) is 18.2 Å². The van der Waals surface area contributed by atoms with Crippen LogP contribution in [-0.4, -0.2) is 59.4 Å². The maximum atomic E-state index is 12.2. The van der Waals surface area contributed by atoms with Gasteiger partial charge in [0.2, 0.25) is 11.8 Å². The Kier molecular flexibility index (Phi) is 6.19. The molecule has 1 N–H and O–H groups in total. The molecule has 2 saturated heterocycles. The third-order valence-corrected chi connectivity index (χ3v) is 6.70. The molecule has 5 nitrogen and oxygen atoms in total. The van der Waals surface area contributed by atoms with Gasteiger partial charge in [0.1, 0.15) is 6.54 Å². The summed E-state index contributed by atoms with van der Waals surface area (Å²) >= 11 is 3.32. The van der Waals surface area contributed by atoms with Crippen molar-refractivity contribution in [2.24, 2.45) is 5.92 Å². The first-order chi connectivity index (χ1) is 11.6. The Labute approximate surface area is 151 Å². The van der Waals surface area contributed by atoms with Crippen molar-refractivity contribution < 1.29 is 9.59 Å². The summed E-state index contributed by atoms with van der Waals surface area (Å²) < 4.78 is 0. The Bertz CT molecular complexity index is 556. The summed E-state index contributed by atoms with van der Waals surface area (Å²) in [6, 6.07) is 4.46. The van der Waals surface area contributed by atoms with Crippen LogP contribution in [0.25, 0.3) is 0 Å². The summed E-state index contributed by atoms with van der Waals surface area (Å²) in [4.78, 5) is 29.3. The number of amides is 2. The molecule has 1 aromatic heterocycles. The minimum atomic E-state index is -0.0576. The van der Waals surface area contributed by atoms with Gasteiger partial charge >= 0.3 is 0 Å². The van der Waals surface area contributed by atoms with Crippen LogP contribution in [0.1, 0.15) is 30.7 Å². The zero-order valence-electron chi connectivity index (χ0n) is 14.1. The van der Waals surface area contributed by atoms with Crippen LogP contribution < -0.4 is 5.32 Å². The quantitative estimate of drug-likeness (QED) is 0.837. The van der Waals surface area contributed by atoms with Gasteiger partial charge in [-0.2, -0.15) is 0 Å². The predicted molar refractivity (Wildman–Crippen MR) is 99.1 cm³/mol. The van der Waals surface area contributed by atoms with Crippen LogP contribution in [0, 0.1) is 5.92 Å². The third-order valence-electron chi connectivity index (χ3n) is 4.78. The van der Waals surface area contributed by atoms with Crippen molar-refractivity contribution in [2.45, 2.75) is 25.8 Å². The molecule has 3 rings (SSSR count). The summed E-state index contributed by atoms with van der Waals surface area (Å²) in [6.07, 6.45) is 2.44. The number of hydrogen-bond donors (Lipinski definition) is 1. The van der Waals surface area contributed by atoms with Gasteiger partial charge in [0.25, 0.3) is 0 Å². The van der Waals surface area contributed by atoms with Gasteiger partial charge in [-0.3, -0.25) is 14.5 Å². The Morgan fingerprint density at radius 3 is 2.83 bits per heavy atom. The Balaban J connectivity index is 1.56. The van der Waals surface area contributed by atoms with E-state index in [4.69, 9.17) is 0 Å². The molecule has 0 saturated carbocycles. The van der Waals surface area contributed by atoms with Crippen molar-refractivity contribution in [3.8, 4) is 0 Å². The van der Waals surface area contributed by atoms with Crippen molar-refractivity contribution in [3.63, 3.8) is 0 Å². The number of piperidine rings is 1. The minimum absolute atomic E-state index is 0.0576. The molecule has 0 radical (unpaired) electrons. The highest BCUT2D eigenvalue weighted by Crippen LogP contribution is 2.29. The number of carbonyl (C=O) groups excluding carboxylic acids is 2. The number of thiophene rings is 1. The van der Waals surface area contributed by atoms with E-state index in [0.717, 1.165) is 19.0 Å².